The van der Waals surface area contributed by atoms with E-state index in [0.29, 0.717) is 29.9 Å². The first-order valence-electron chi connectivity index (χ1n) is 15.8. The Morgan fingerprint density at radius 1 is 0.854 bits per heavy atom. The Morgan fingerprint density at radius 3 is 1.95 bits per heavy atom. The molecule has 0 amide bonds. The van der Waals surface area contributed by atoms with Crippen LogP contribution >= 0.6 is 0 Å². The van der Waals surface area contributed by atoms with Gasteiger partial charge in [0.25, 0.3) is 0 Å². The molecule has 1 atom stereocenters. The molecule has 0 aliphatic heterocycles. The van der Waals surface area contributed by atoms with Crippen LogP contribution in [0.4, 0.5) is 0 Å². The zero-order valence-corrected chi connectivity index (χ0v) is 25.4. The van der Waals surface area contributed by atoms with Gasteiger partial charge in [0.05, 0.1) is 32.0 Å². The zero-order valence-electron chi connectivity index (χ0n) is 25.4. The first-order valence-corrected chi connectivity index (χ1v) is 15.8. The van der Waals surface area contributed by atoms with Gasteiger partial charge in [-0.3, -0.25) is 0 Å². The molecule has 1 aromatic carbocycles. The Bertz CT molecular complexity index is 967. The minimum absolute atomic E-state index is 0.0700. The second-order valence-corrected chi connectivity index (χ2v) is 12.2. The Kier molecular flexibility index (Phi) is 13.9. The Morgan fingerprint density at radius 2 is 1.41 bits per heavy atom. The number of rotatable bonds is 16. The van der Waals surface area contributed by atoms with Gasteiger partial charge >= 0.3 is 11.9 Å². The molecule has 1 aromatic rings. The molecule has 0 spiro atoms. The highest BCUT2D eigenvalue weighted by Crippen LogP contribution is 2.45. The Labute approximate surface area is 247 Å². The number of hydrogen-bond donors (Lipinski definition) is 1. The standard InChI is InChI=1S/C35H52O6/c1-5-6-21-39-33-17-15-31(16-18-33)29-9-7-27(8-10-29)28-11-13-30(14-12-28)32(19-22-40-34(37)25(2)3)20-23-41-35(38)26(4)24-36/h15-18,27-30,32,36H,2,4-14,19-24H2,1,3H3. The number of carbonyl (C=O) groups is 2. The normalized spacial score (nSPS) is 23.3. The molecule has 0 saturated heterocycles. The van der Waals surface area contributed by atoms with Gasteiger partial charge in [0.1, 0.15) is 5.75 Å². The van der Waals surface area contributed by atoms with E-state index in [4.69, 9.17) is 19.3 Å². The lowest BCUT2D eigenvalue weighted by Gasteiger charge is -2.40. The van der Waals surface area contributed by atoms with E-state index in [1.807, 2.05) is 0 Å². The molecule has 0 aromatic heterocycles. The summed E-state index contributed by atoms with van der Waals surface area (Å²) in [6, 6.07) is 8.81. The van der Waals surface area contributed by atoms with Gasteiger partial charge in [-0.05, 0) is 125 Å². The second-order valence-electron chi connectivity index (χ2n) is 12.2. The minimum atomic E-state index is -0.546. The smallest absolute Gasteiger partial charge is 0.335 e. The van der Waals surface area contributed by atoms with Crippen molar-refractivity contribution in [3.8, 4) is 5.75 Å². The van der Waals surface area contributed by atoms with Crippen molar-refractivity contribution in [1.82, 2.24) is 0 Å². The molecule has 41 heavy (non-hydrogen) atoms. The fourth-order valence-electron chi connectivity index (χ4n) is 6.69. The lowest BCUT2D eigenvalue weighted by molar-refractivity contribution is -0.140. The molecule has 1 unspecified atom stereocenters. The van der Waals surface area contributed by atoms with Gasteiger partial charge in [-0.15, -0.1) is 0 Å². The maximum Gasteiger partial charge on any atom is 0.335 e. The average Bonchev–Trinajstić information content (AvgIpc) is 3.00. The monoisotopic (exact) mass is 568 g/mol. The van der Waals surface area contributed by atoms with Gasteiger partial charge in [-0.1, -0.05) is 38.6 Å². The van der Waals surface area contributed by atoms with E-state index in [-0.39, 0.29) is 18.1 Å². The molecule has 0 heterocycles. The van der Waals surface area contributed by atoms with E-state index in [1.54, 1.807) is 6.92 Å². The van der Waals surface area contributed by atoms with Crippen LogP contribution in [0.1, 0.15) is 102 Å². The van der Waals surface area contributed by atoms with Crippen molar-refractivity contribution in [2.45, 2.75) is 96.8 Å². The van der Waals surface area contributed by atoms with Crippen molar-refractivity contribution in [1.29, 1.82) is 0 Å². The van der Waals surface area contributed by atoms with Crippen LogP contribution in [0.2, 0.25) is 0 Å². The number of ether oxygens (including phenoxy) is 3. The maximum absolute atomic E-state index is 11.9. The fraction of sp³-hybridized carbons (Fsp3) is 0.657. The van der Waals surface area contributed by atoms with Gasteiger partial charge in [0.15, 0.2) is 0 Å². The molecule has 1 N–H and O–H groups in total. The third-order valence-corrected chi connectivity index (χ3v) is 9.31. The van der Waals surface area contributed by atoms with Crippen molar-refractivity contribution in [2.24, 2.45) is 23.7 Å². The average molecular weight is 569 g/mol. The van der Waals surface area contributed by atoms with Gasteiger partial charge in [0, 0.05) is 5.57 Å². The van der Waals surface area contributed by atoms with Gasteiger partial charge < -0.3 is 19.3 Å². The molecule has 6 heteroatoms. The maximum atomic E-state index is 11.9. The highest BCUT2D eigenvalue weighted by atomic mass is 16.5. The molecule has 2 aliphatic carbocycles. The number of benzene rings is 1. The quantitative estimate of drug-likeness (QED) is 0.126. The molecule has 6 nitrogen and oxygen atoms in total. The number of aliphatic hydroxyl groups excluding tert-OH is 1. The van der Waals surface area contributed by atoms with Crippen LogP contribution < -0.4 is 4.74 Å². The summed E-state index contributed by atoms with van der Waals surface area (Å²) in [6.07, 6.45) is 13.7. The summed E-state index contributed by atoms with van der Waals surface area (Å²) in [7, 11) is 0. The van der Waals surface area contributed by atoms with Crippen molar-refractivity contribution < 1.29 is 28.9 Å². The Hall–Kier alpha value is -2.60. The molecule has 228 valence electrons. The number of carbonyl (C=O) groups excluding carboxylic acids is 2. The van der Waals surface area contributed by atoms with Gasteiger partial charge in [-0.2, -0.15) is 0 Å². The van der Waals surface area contributed by atoms with Crippen molar-refractivity contribution in [3.63, 3.8) is 0 Å². The first kappa shape index (κ1) is 32.9. The lowest BCUT2D eigenvalue weighted by Crippen LogP contribution is -2.29. The van der Waals surface area contributed by atoms with Crippen LogP contribution in [-0.2, 0) is 19.1 Å². The highest BCUT2D eigenvalue weighted by Gasteiger charge is 2.33. The molecule has 2 aliphatic rings. The van der Waals surface area contributed by atoms with Crippen LogP contribution in [0.15, 0.2) is 48.6 Å². The number of unbranched alkanes of at least 4 members (excludes halogenated alkanes) is 1. The molecular weight excluding hydrogens is 516 g/mol. The SMILES string of the molecule is C=C(C)C(=O)OCCC(CCOC(=O)C(=C)CO)C1CCC(C2CCC(c3ccc(OCCCC)cc3)CC2)CC1. The van der Waals surface area contributed by atoms with E-state index in [2.05, 4.69) is 44.3 Å². The molecule has 0 bridgehead atoms. The van der Waals surface area contributed by atoms with Gasteiger partial charge in [0.2, 0.25) is 0 Å². The third-order valence-electron chi connectivity index (χ3n) is 9.31. The van der Waals surface area contributed by atoms with E-state index in [1.165, 1.54) is 56.9 Å². The molecule has 3 rings (SSSR count). The number of hydrogen-bond acceptors (Lipinski definition) is 6. The minimum Gasteiger partial charge on any atom is -0.494 e. The summed E-state index contributed by atoms with van der Waals surface area (Å²) in [5, 5.41) is 9.12. The van der Waals surface area contributed by atoms with Gasteiger partial charge in [-0.25, -0.2) is 9.59 Å². The molecule has 2 fully saturated rings. The summed E-state index contributed by atoms with van der Waals surface area (Å²) in [5.41, 5.74) is 1.93. The topological polar surface area (TPSA) is 82.1 Å². The fourth-order valence-corrected chi connectivity index (χ4v) is 6.69. The van der Waals surface area contributed by atoms with Crippen molar-refractivity contribution in [3.05, 3.63) is 54.1 Å². The first-order chi connectivity index (χ1) is 19.8. The summed E-state index contributed by atoms with van der Waals surface area (Å²) >= 11 is 0. The number of aliphatic hydroxyl groups is 1. The summed E-state index contributed by atoms with van der Waals surface area (Å²) in [4.78, 5) is 23.8. The lowest BCUT2D eigenvalue weighted by atomic mass is 9.66. The largest absolute Gasteiger partial charge is 0.494 e. The molecule has 2 saturated carbocycles. The van der Waals surface area contributed by atoms with Crippen LogP contribution in [0.25, 0.3) is 0 Å². The Balaban J connectivity index is 1.45. The van der Waals surface area contributed by atoms with E-state index >= 15 is 0 Å². The van der Waals surface area contributed by atoms with Crippen LogP contribution in [0, 0.1) is 23.7 Å². The third kappa shape index (κ3) is 10.6. The molecular formula is C35H52O6. The van der Waals surface area contributed by atoms with Crippen molar-refractivity contribution >= 4 is 11.9 Å². The van der Waals surface area contributed by atoms with E-state index < -0.39 is 12.6 Å². The van der Waals surface area contributed by atoms with E-state index in [0.717, 1.165) is 49.9 Å². The van der Waals surface area contributed by atoms with E-state index in [9.17, 15) is 9.59 Å². The van der Waals surface area contributed by atoms with Crippen LogP contribution in [0.5, 0.6) is 5.75 Å². The predicted molar refractivity (Wildman–Crippen MR) is 163 cm³/mol. The summed E-state index contributed by atoms with van der Waals surface area (Å²) in [6.45, 7) is 12.1. The number of esters is 2. The summed E-state index contributed by atoms with van der Waals surface area (Å²) < 4.78 is 16.6. The summed E-state index contributed by atoms with van der Waals surface area (Å²) in [5.74, 6) is 3.17. The van der Waals surface area contributed by atoms with Crippen LogP contribution in [0.3, 0.4) is 0 Å². The highest BCUT2D eigenvalue weighted by molar-refractivity contribution is 5.88. The zero-order chi connectivity index (χ0) is 29.6. The van der Waals surface area contributed by atoms with Crippen LogP contribution in [-0.4, -0.2) is 43.5 Å². The molecule has 0 radical (unpaired) electrons. The predicted octanol–water partition coefficient (Wildman–Crippen LogP) is 7.55. The second kappa shape index (κ2) is 17.4. The van der Waals surface area contributed by atoms with Crippen molar-refractivity contribution in [2.75, 3.05) is 26.4 Å².